The van der Waals surface area contributed by atoms with Crippen LogP contribution in [0.2, 0.25) is 0 Å². The van der Waals surface area contributed by atoms with Gasteiger partial charge in [0.25, 0.3) is 0 Å². The highest BCUT2D eigenvalue weighted by Gasteiger charge is 2.22. The van der Waals surface area contributed by atoms with Gasteiger partial charge >= 0.3 is 0 Å². The molecular formula is C11H25N. The Labute approximate surface area is 77.7 Å². The van der Waals surface area contributed by atoms with Crippen molar-refractivity contribution in [3.8, 4) is 0 Å². The average Bonchev–Trinajstić information content (AvgIpc) is 2.14. The van der Waals surface area contributed by atoms with Crippen molar-refractivity contribution < 1.29 is 0 Å². The van der Waals surface area contributed by atoms with E-state index in [2.05, 4.69) is 27.7 Å². The van der Waals surface area contributed by atoms with E-state index in [1.165, 1.54) is 25.7 Å². The molecule has 1 nitrogen and oxygen atoms in total. The number of nitrogens with two attached hydrogens (primary N) is 1. The van der Waals surface area contributed by atoms with Crippen molar-refractivity contribution in [1.82, 2.24) is 0 Å². The SMILES string of the molecule is CCC(CN)CC(C)(CC)CC. The molecule has 0 saturated heterocycles. The van der Waals surface area contributed by atoms with E-state index < -0.39 is 0 Å². The normalized spacial score (nSPS) is 14.8. The Hall–Kier alpha value is -0.0400. The smallest absolute Gasteiger partial charge is 0.00488 e. The molecule has 0 fully saturated rings. The van der Waals surface area contributed by atoms with E-state index in [0.29, 0.717) is 5.41 Å². The summed E-state index contributed by atoms with van der Waals surface area (Å²) in [6.45, 7) is 10.0. The monoisotopic (exact) mass is 171 g/mol. The van der Waals surface area contributed by atoms with Crippen molar-refractivity contribution in [3.63, 3.8) is 0 Å². The third-order valence-electron chi connectivity index (χ3n) is 3.40. The van der Waals surface area contributed by atoms with Gasteiger partial charge in [-0.1, -0.05) is 47.0 Å². The number of hydrogen-bond acceptors (Lipinski definition) is 1. The van der Waals surface area contributed by atoms with Crippen molar-refractivity contribution in [1.29, 1.82) is 0 Å². The van der Waals surface area contributed by atoms with Gasteiger partial charge in [0.15, 0.2) is 0 Å². The molecule has 12 heavy (non-hydrogen) atoms. The van der Waals surface area contributed by atoms with Crippen LogP contribution in [-0.4, -0.2) is 6.54 Å². The molecule has 0 aliphatic carbocycles. The maximum absolute atomic E-state index is 5.70. The van der Waals surface area contributed by atoms with E-state index in [4.69, 9.17) is 5.73 Å². The van der Waals surface area contributed by atoms with Crippen LogP contribution in [0.1, 0.15) is 53.4 Å². The van der Waals surface area contributed by atoms with Gasteiger partial charge in [-0.05, 0) is 24.3 Å². The topological polar surface area (TPSA) is 26.0 Å². The first-order chi connectivity index (χ1) is 5.61. The summed E-state index contributed by atoms with van der Waals surface area (Å²) in [6, 6.07) is 0. The molecule has 0 aliphatic rings. The summed E-state index contributed by atoms with van der Waals surface area (Å²) in [6.07, 6.45) is 5.08. The Morgan fingerprint density at radius 3 is 1.92 bits per heavy atom. The molecule has 74 valence electrons. The molecule has 0 amide bonds. The second-order valence-corrected chi connectivity index (χ2v) is 4.23. The molecule has 0 aromatic heterocycles. The summed E-state index contributed by atoms with van der Waals surface area (Å²) in [5.74, 6) is 0.731. The van der Waals surface area contributed by atoms with Gasteiger partial charge in [0, 0.05) is 0 Å². The van der Waals surface area contributed by atoms with Crippen LogP contribution in [0.25, 0.3) is 0 Å². The molecule has 1 unspecified atom stereocenters. The lowest BCUT2D eigenvalue weighted by Crippen LogP contribution is -2.23. The average molecular weight is 171 g/mol. The summed E-state index contributed by atoms with van der Waals surface area (Å²) in [4.78, 5) is 0. The van der Waals surface area contributed by atoms with Gasteiger partial charge in [0.05, 0.1) is 0 Å². The molecule has 0 aliphatic heterocycles. The maximum atomic E-state index is 5.70. The zero-order valence-electron chi connectivity index (χ0n) is 9.19. The summed E-state index contributed by atoms with van der Waals surface area (Å²) >= 11 is 0. The minimum atomic E-state index is 0.528. The van der Waals surface area contributed by atoms with Gasteiger partial charge in [-0.15, -0.1) is 0 Å². The number of rotatable bonds is 6. The molecule has 0 spiro atoms. The lowest BCUT2D eigenvalue weighted by atomic mass is 9.76. The standard InChI is InChI=1S/C11H25N/c1-5-10(9-12)8-11(4,6-2)7-3/h10H,5-9,12H2,1-4H3. The Bertz CT molecular complexity index is 102. The Morgan fingerprint density at radius 2 is 1.67 bits per heavy atom. The summed E-state index contributed by atoms with van der Waals surface area (Å²) < 4.78 is 0. The first kappa shape index (κ1) is 12.0. The predicted octanol–water partition coefficient (Wildman–Crippen LogP) is 3.19. The van der Waals surface area contributed by atoms with Crippen molar-refractivity contribution >= 4 is 0 Å². The number of hydrogen-bond donors (Lipinski definition) is 1. The van der Waals surface area contributed by atoms with E-state index >= 15 is 0 Å². The van der Waals surface area contributed by atoms with E-state index in [1.807, 2.05) is 0 Å². The molecule has 0 aromatic rings. The zero-order valence-corrected chi connectivity index (χ0v) is 9.19. The van der Waals surface area contributed by atoms with Crippen molar-refractivity contribution in [3.05, 3.63) is 0 Å². The van der Waals surface area contributed by atoms with Gasteiger partial charge < -0.3 is 5.73 Å². The van der Waals surface area contributed by atoms with Crippen molar-refractivity contribution in [2.45, 2.75) is 53.4 Å². The highest BCUT2D eigenvalue weighted by atomic mass is 14.5. The highest BCUT2D eigenvalue weighted by Crippen LogP contribution is 2.33. The first-order valence-electron chi connectivity index (χ1n) is 5.31. The van der Waals surface area contributed by atoms with Gasteiger partial charge in [-0.3, -0.25) is 0 Å². The minimum Gasteiger partial charge on any atom is -0.330 e. The second-order valence-electron chi connectivity index (χ2n) is 4.23. The fourth-order valence-electron chi connectivity index (χ4n) is 1.63. The second kappa shape index (κ2) is 5.58. The zero-order chi connectivity index (χ0) is 9.61. The predicted molar refractivity (Wildman–Crippen MR) is 56.1 cm³/mol. The van der Waals surface area contributed by atoms with Gasteiger partial charge in [-0.2, -0.15) is 0 Å². The Morgan fingerprint density at radius 1 is 1.17 bits per heavy atom. The lowest BCUT2D eigenvalue weighted by molar-refractivity contribution is 0.220. The molecule has 1 heteroatoms. The fourth-order valence-corrected chi connectivity index (χ4v) is 1.63. The lowest BCUT2D eigenvalue weighted by Gasteiger charge is -2.30. The first-order valence-corrected chi connectivity index (χ1v) is 5.31. The molecule has 0 rings (SSSR count). The fraction of sp³-hybridized carbons (Fsp3) is 1.00. The van der Waals surface area contributed by atoms with Crippen LogP contribution >= 0.6 is 0 Å². The Balaban J connectivity index is 3.99. The van der Waals surface area contributed by atoms with Crippen LogP contribution in [0.4, 0.5) is 0 Å². The maximum Gasteiger partial charge on any atom is -0.00488 e. The van der Waals surface area contributed by atoms with Crippen molar-refractivity contribution in [2.75, 3.05) is 6.54 Å². The molecule has 1 atom stereocenters. The summed E-state index contributed by atoms with van der Waals surface area (Å²) in [7, 11) is 0. The quantitative estimate of drug-likeness (QED) is 0.652. The van der Waals surface area contributed by atoms with Crippen LogP contribution in [0.3, 0.4) is 0 Å². The van der Waals surface area contributed by atoms with Crippen LogP contribution in [0.15, 0.2) is 0 Å². The van der Waals surface area contributed by atoms with Crippen LogP contribution in [0.5, 0.6) is 0 Å². The third-order valence-corrected chi connectivity index (χ3v) is 3.40. The van der Waals surface area contributed by atoms with Crippen molar-refractivity contribution in [2.24, 2.45) is 17.1 Å². The minimum absolute atomic E-state index is 0.528. The largest absolute Gasteiger partial charge is 0.330 e. The van der Waals surface area contributed by atoms with E-state index in [1.54, 1.807) is 0 Å². The van der Waals surface area contributed by atoms with Gasteiger partial charge in [-0.25, -0.2) is 0 Å². The van der Waals surface area contributed by atoms with Gasteiger partial charge in [0.1, 0.15) is 0 Å². The van der Waals surface area contributed by atoms with E-state index in [0.717, 1.165) is 12.5 Å². The molecule has 0 saturated carbocycles. The molecular weight excluding hydrogens is 146 g/mol. The van der Waals surface area contributed by atoms with Crippen LogP contribution in [0, 0.1) is 11.3 Å². The van der Waals surface area contributed by atoms with E-state index in [9.17, 15) is 0 Å². The summed E-state index contributed by atoms with van der Waals surface area (Å²) in [5.41, 5.74) is 6.23. The molecule has 0 heterocycles. The highest BCUT2D eigenvalue weighted by molar-refractivity contribution is 4.75. The summed E-state index contributed by atoms with van der Waals surface area (Å²) in [5, 5.41) is 0. The molecule has 0 bridgehead atoms. The third kappa shape index (κ3) is 3.57. The van der Waals surface area contributed by atoms with E-state index in [-0.39, 0.29) is 0 Å². The Kier molecular flexibility index (Phi) is 5.56. The van der Waals surface area contributed by atoms with Gasteiger partial charge in [0.2, 0.25) is 0 Å². The molecule has 0 aromatic carbocycles. The van der Waals surface area contributed by atoms with Crippen LogP contribution < -0.4 is 5.73 Å². The molecule has 0 radical (unpaired) electrons. The van der Waals surface area contributed by atoms with Crippen LogP contribution in [-0.2, 0) is 0 Å². The molecule has 2 N–H and O–H groups in total.